The van der Waals surface area contributed by atoms with Crippen molar-refractivity contribution in [2.24, 2.45) is 11.7 Å². The van der Waals surface area contributed by atoms with Crippen molar-refractivity contribution in [3.8, 4) is 17.6 Å². The zero-order valence-corrected chi connectivity index (χ0v) is 32.6. The first-order chi connectivity index (χ1) is 28.8. The Morgan fingerprint density at radius 3 is 2.31 bits per heavy atom. The molecule has 3 heterocycles. The molecule has 12 nitrogen and oxygen atoms in total. The average molecular weight is 796 g/mol. The number of carbonyl (C=O) groups excluding carboxylic acids is 4. The molecule has 0 saturated carbocycles. The van der Waals surface area contributed by atoms with Crippen molar-refractivity contribution in [3.63, 3.8) is 0 Å². The van der Waals surface area contributed by atoms with Crippen LogP contribution in [-0.4, -0.2) is 73.5 Å². The van der Waals surface area contributed by atoms with Gasteiger partial charge in [0, 0.05) is 12.7 Å². The van der Waals surface area contributed by atoms with Crippen LogP contribution in [-0.2, 0) is 34.0 Å². The molecule has 3 aliphatic heterocycles. The number of methoxy groups -OCH3 is 1. The number of aliphatic hydroxyl groups is 1. The van der Waals surface area contributed by atoms with Gasteiger partial charge in [0.25, 0.3) is 0 Å². The monoisotopic (exact) mass is 795 g/mol. The minimum atomic E-state index is -2.01. The van der Waals surface area contributed by atoms with Gasteiger partial charge in [0.2, 0.25) is 11.8 Å². The smallest absolute Gasteiger partial charge is 0.421 e. The number of aliphatic hydroxyl groups excluding tert-OH is 1. The molecule has 2 saturated heterocycles. The Hall–Kier alpha value is -6.26. The van der Waals surface area contributed by atoms with E-state index < -0.39 is 59.4 Å². The van der Waals surface area contributed by atoms with Crippen molar-refractivity contribution < 1.29 is 43.2 Å². The molecular weight excluding hydrogens is 751 g/mol. The lowest BCUT2D eigenvalue weighted by Gasteiger charge is -2.46. The molecule has 2 fully saturated rings. The largest absolute Gasteiger partial charge is 0.491 e. The summed E-state index contributed by atoms with van der Waals surface area (Å²) in [4.78, 5) is 62.1. The molecule has 1 aliphatic carbocycles. The third-order valence-electron chi connectivity index (χ3n) is 11.7. The van der Waals surface area contributed by atoms with Crippen LogP contribution in [0.25, 0.3) is 0 Å². The van der Waals surface area contributed by atoms with Gasteiger partial charge in [0.1, 0.15) is 36.5 Å². The first-order valence-corrected chi connectivity index (χ1v) is 19.9. The topological polar surface area (TPSA) is 158 Å². The van der Waals surface area contributed by atoms with Gasteiger partial charge in [-0.05, 0) is 83.8 Å². The van der Waals surface area contributed by atoms with E-state index in [-0.39, 0.29) is 37.7 Å². The number of ether oxygens (including phenoxy) is 4. The minimum Gasteiger partial charge on any atom is -0.491 e. The fourth-order valence-corrected chi connectivity index (χ4v) is 9.31. The summed E-state index contributed by atoms with van der Waals surface area (Å²) in [5, 5.41) is 9.66. The molecule has 6 unspecified atom stereocenters. The van der Waals surface area contributed by atoms with Crippen LogP contribution in [0.4, 0.5) is 10.5 Å². The number of hydrogen-bond donors (Lipinski definition) is 2. The number of carbonyl (C=O) groups is 4. The van der Waals surface area contributed by atoms with Crippen molar-refractivity contribution >= 4 is 29.6 Å². The summed E-state index contributed by atoms with van der Waals surface area (Å²) in [6.45, 7) is -0.331. The third kappa shape index (κ3) is 7.05. The second-order valence-electron chi connectivity index (χ2n) is 15.0. The lowest BCUT2D eigenvalue weighted by atomic mass is 9.65. The highest BCUT2D eigenvalue weighted by Gasteiger charge is 2.75. The van der Waals surface area contributed by atoms with E-state index in [1.54, 1.807) is 42.5 Å². The summed E-state index contributed by atoms with van der Waals surface area (Å²) >= 11 is 0. The zero-order valence-electron chi connectivity index (χ0n) is 32.6. The Bertz CT molecular complexity index is 2340. The minimum absolute atomic E-state index is 0.00805. The normalized spacial score (nSPS) is 24.7. The predicted octanol–water partition coefficient (Wildman–Crippen LogP) is 5.84. The van der Waals surface area contributed by atoms with Gasteiger partial charge in [-0.15, -0.1) is 0 Å². The van der Waals surface area contributed by atoms with Gasteiger partial charge in [-0.1, -0.05) is 90.7 Å². The van der Waals surface area contributed by atoms with Crippen LogP contribution >= 0.6 is 0 Å². The van der Waals surface area contributed by atoms with Crippen LogP contribution in [0.2, 0.25) is 0 Å². The Labute approximate surface area is 342 Å². The third-order valence-corrected chi connectivity index (χ3v) is 11.7. The summed E-state index contributed by atoms with van der Waals surface area (Å²) in [5.74, 6) is 2.90. The maximum Gasteiger partial charge on any atom is 0.421 e. The molecule has 4 aromatic carbocycles. The average Bonchev–Trinajstić information content (AvgIpc) is 3.72. The highest BCUT2D eigenvalue weighted by molar-refractivity contribution is 6.23. The van der Waals surface area contributed by atoms with Crippen LogP contribution in [0.1, 0.15) is 71.7 Å². The van der Waals surface area contributed by atoms with E-state index in [1.165, 1.54) is 7.11 Å². The Kier molecular flexibility index (Phi) is 11.3. The van der Waals surface area contributed by atoms with Crippen LogP contribution in [0.5, 0.6) is 5.75 Å². The highest BCUT2D eigenvalue weighted by Crippen LogP contribution is 2.66. The Morgan fingerprint density at radius 2 is 1.61 bits per heavy atom. The number of esters is 1. The number of primary amides is 1. The molecule has 1 spiro atoms. The van der Waals surface area contributed by atoms with Crippen molar-refractivity contribution in [1.82, 2.24) is 4.90 Å². The van der Waals surface area contributed by atoms with Gasteiger partial charge in [-0.3, -0.25) is 19.3 Å². The first-order valence-electron chi connectivity index (χ1n) is 19.9. The molecule has 3 amide bonds. The van der Waals surface area contributed by atoms with Gasteiger partial charge in [-0.25, -0.2) is 9.69 Å². The van der Waals surface area contributed by atoms with Crippen LogP contribution in [0.15, 0.2) is 115 Å². The number of morpholine rings is 1. The molecule has 3 N–H and O–H groups in total. The lowest BCUT2D eigenvalue weighted by Crippen LogP contribution is -2.55. The van der Waals surface area contributed by atoms with Crippen LogP contribution in [0.3, 0.4) is 0 Å². The number of anilines is 1. The Morgan fingerprint density at radius 1 is 0.864 bits per heavy atom. The van der Waals surface area contributed by atoms with Gasteiger partial charge in [0.15, 0.2) is 0 Å². The molecule has 4 aromatic rings. The lowest BCUT2D eigenvalue weighted by molar-refractivity contribution is -0.178. The maximum absolute atomic E-state index is 15.9. The van der Waals surface area contributed by atoms with E-state index >= 15 is 4.79 Å². The maximum atomic E-state index is 15.9. The first kappa shape index (κ1) is 39.6. The molecular formula is C47H45N3O9. The molecule has 4 aliphatic rings. The predicted molar refractivity (Wildman–Crippen MR) is 217 cm³/mol. The second kappa shape index (κ2) is 16.9. The zero-order chi connectivity index (χ0) is 41.1. The highest BCUT2D eigenvalue weighted by atomic mass is 16.6. The molecule has 8 rings (SSSR count). The summed E-state index contributed by atoms with van der Waals surface area (Å²) < 4.78 is 23.0. The molecule has 59 heavy (non-hydrogen) atoms. The van der Waals surface area contributed by atoms with Crippen molar-refractivity contribution in [2.75, 3.05) is 38.4 Å². The molecule has 6 atom stereocenters. The summed E-state index contributed by atoms with van der Waals surface area (Å²) in [7, 11) is 1.46. The number of benzene rings is 4. The molecule has 0 radical (unpaired) electrons. The number of imide groups is 1. The summed E-state index contributed by atoms with van der Waals surface area (Å²) in [6, 6.07) is 27.5. The molecule has 302 valence electrons. The van der Waals surface area contributed by atoms with Gasteiger partial charge >= 0.3 is 12.1 Å². The van der Waals surface area contributed by atoms with E-state index in [2.05, 4.69) is 17.9 Å². The number of cyclic esters (lactones) is 1. The fourth-order valence-electron chi connectivity index (χ4n) is 9.31. The van der Waals surface area contributed by atoms with Crippen LogP contribution in [0, 0.1) is 17.8 Å². The Balaban J connectivity index is 1.43. The second-order valence-corrected chi connectivity index (χ2v) is 15.0. The molecule has 0 aromatic heterocycles. The van der Waals surface area contributed by atoms with Gasteiger partial charge in [-0.2, -0.15) is 0 Å². The van der Waals surface area contributed by atoms with Crippen molar-refractivity contribution in [3.05, 3.63) is 143 Å². The summed E-state index contributed by atoms with van der Waals surface area (Å²) in [6.07, 6.45) is 4.18. The number of nitrogens with two attached hydrogens (primary N) is 1. The number of hydrogen-bond acceptors (Lipinski definition) is 10. The number of fused-ring (bicyclic) bond motifs is 3. The van der Waals surface area contributed by atoms with Crippen molar-refractivity contribution in [1.29, 1.82) is 0 Å². The molecule has 12 heteroatoms. The van der Waals surface area contributed by atoms with Crippen LogP contribution < -0.4 is 15.4 Å². The van der Waals surface area contributed by atoms with Gasteiger partial charge in [0.05, 0.1) is 36.9 Å². The molecule has 0 bridgehead atoms. The van der Waals surface area contributed by atoms with E-state index in [0.29, 0.717) is 22.4 Å². The van der Waals surface area contributed by atoms with Crippen molar-refractivity contribution in [2.45, 2.75) is 55.3 Å². The quantitative estimate of drug-likeness (QED) is 0.114. The van der Waals surface area contributed by atoms with Gasteiger partial charge < -0.3 is 29.8 Å². The van der Waals surface area contributed by atoms with E-state index in [4.69, 9.17) is 24.7 Å². The van der Waals surface area contributed by atoms with E-state index in [0.717, 1.165) is 41.7 Å². The summed E-state index contributed by atoms with van der Waals surface area (Å²) in [5.41, 5.74) is 8.39. The fraction of sp³-hybridized carbons (Fsp3) is 0.319. The number of rotatable bonds is 10. The number of amides is 3. The number of nitrogens with zero attached hydrogens (tertiary/aromatic N) is 2. The van der Waals surface area contributed by atoms with E-state index in [9.17, 15) is 19.5 Å². The SMILES string of the molecule is COCCOC(=O)N1C(=O)C2(c3cc(C#CC4=CCCCC4)ccc31)C(C(N)=O)C1C(=O)OC(c3ccccc3)C(c3ccccc3)N1C2c1cccc(OCCO)c1. The standard InChI is InChI=1S/C47H45N3O9/c1-56-26-27-58-46(55)49-37-23-22-31(21-20-30-12-5-2-6-13-30)28-36(37)47(45(49)54)38(43(48)52)40-44(53)59-41(33-16-9-4-10-17-33)39(32-14-7-3-8-15-32)50(40)42(47)34-18-11-19-35(29-34)57-25-24-51/h3-4,7-12,14-19,22-23,28-29,38-42,51H,2,5-6,13,24-27H2,1H3,(H2,48,52). The number of allylic oxidation sites excluding steroid dienone is 2. The van der Waals surface area contributed by atoms with E-state index in [1.807, 2.05) is 65.6 Å².